The van der Waals surface area contributed by atoms with Crippen LogP contribution in [-0.2, 0) is 11.3 Å². The molecule has 170 valence electrons. The average Bonchev–Trinajstić information content (AvgIpc) is 3.51. The molecular formula is C26H33N3O3. The number of amides is 1. The van der Waals surface area contributed by atoms with Gasteiger partial charge in [0, 0.05) is 43.9 Å². The van der Waals surface area contributed by atoms with Crippen LogP contribution in [0.5, 0.6) is 5.75 Å². The summed E-state index contributed by atoms with van der Waals surface area (Å²) >= 11 is 0. The highest BCUT2D eigenvalue weighted by molar-refractivity contribution is 5.90. The summed E-state index contributed by atoms with van der Waals surface area (Å²) in [7, 11) is 0. The molecule has 2 aromatic rings. The summed E-state index contributed by atoms with van der Waals surface area (Å²) in [5.74, 6) is 0.970. The van der Waals surface area contributed by atoms with E-state index in [4.69, 9.17) is 9.47 Å². The van der Waals surface area contributed by atoms with Crippen molar-refractivity contribution < 1.29 is 14.3 Å². The van der Waals surface area contributed by atoms with Crippen LogP contribution in [0.25, 0.3) is 0 Å². The molecule has 6 heteroatoms. The summed E-state index contributed by atoms with van der Waals surface area (Å²) < 4.78 is 12.1. The van der Waals surface area contributed by atoms with Gasteiger partial charge in [-0.15, -0.1) is 0 Å². The molecule has 1 amide bonds. The first kappa shape index (κ1) is 21.3. The summed E-state index contributed by atoms with van der Waals surface area (Å²) in [6, 6.07) is 16.4. The summed E-state index contributed by atoms with van der Waals surface area (Å²) in [5, 5.41) is 0. The van der Waals surface area contributed by atoms with E-state index in [1.807, 2.05) is 30.3 Å². The van der Waals surface area contributed by atoms with Crippen molar-refractivity contribution in [3.63, 3.8) is 0 Å². The first-order chi connectivity index (χ1) is 15.6. The third-order valence-electron chi connectivity index (χ3n) is 6.94. The van der Waals surface area contributed by atoms with Gasteiger partial charge in [-0.05, 0) is 51.1 Å². The second kappa shape index (κ2) is 9.12. The van der Waals surface area contributed by atoms with Crippen LogP contribution in [-0.4, -0.2) is 67.4 Å². The molecule has 3 aliphatic rings. The molecule has 0 saturated carbocycles. The topological polar surface area (TPSA) is 45.2 Å². The van der Waals surface area contributed by atoms with E-state index in [9.17, 15) is 4.79 Å². The Balaban J connectivity index is 1.19. The van der Waals surface area contributed by atoms with E-state index in [1.165, 1.54) is 37.1 Å². The third-order valence-corrected chi connectivity index (χ3v) is 6.94. The number of para-hydroxylation sites is 1. The van der Waals surface area contributed by atoms with Crippen molar-refractivity contribution in [2.75, 3.05) is 50.8 Å². The van der Waals surface area contributed by atoms with Gasteiger partial charge in [-0.3, -0.25) is 14.7 Å². The minimum absolute atomic E-state index is 0.235. The zero-order valence-electron chi connectivity index (χ0n) is 19.0. The molecule has 0 unspecified atom stereocenters. The number of likely N-dealkylation sites (tertiary alicyclic amines) is 2. The van der Waals surface area contributed by atoms with Gasteiger partial charge < -0.3 is 9.47 Å². The second-order valence-corrected chi connectivity index (χ2v) is 9.44. The lowest BCUT2D eigenvalue weighted by Crippen LogP contribution is -2.37. The summed E-state index contributed by atoms with van der Waals surface area (Å²) in [5.41, 5.74) is 2.87. The highest BCUT2D eigenvalue weighted by Crippen LogP contribution is 2.36. The number of carbonyl (C=O) groups excluding carboxylic acids is 1. The van der Waals surface area contributed by atoms with Gasteiger partial charge in [-0.1, -0.05) is 35.9 Å². The van der Waals surface area contributed by atoms with Crippen LogP contribution in [0.2, 0.25) is 0 Å². The average molecular weight is 436 g/mol. The largest absolute Gasteiger partial charge is 0.492 e. The van der Waals surface area contributed by atoms with Gasteiger partial charge in [0.05, 0.1) is 6.54 Å². The summed E-state index contributed by atoms with van der Waals surface area (Å²) in [6.45, 7) is 9.24. The molecule has 0 aromatic heterocycles. The van der Waals surface area contributed by atoms with Crippen LogP contribution in [0.3, 0.4) is 0 Å². The molecule has 0 radical (unpaired) electrons. The molecule has 1 spiro atoms. The Hall–Kier alpha value is -2.57. The number of carbonyl (C=O) groups is 1. The smallest absolute Gasteiger partial charge is 0.415 e. The summed E-state index contributed by atoms with van der Waals surface area (Å²) in [4.78, 5) is 19.3. The van der Waals surface area contributed by atoms with Crippen molar-refractivity contribution in [3.05, 3.63) is 59.7 Å². The second-order valence-electron chi connectivity index (χ2n) is 9.44. The van der Waals surface area contributed by atoms with Crippen molar-refractivity contribution in [2.24, 2.45) is 0 Å². The molecule has 3 saturated heterocycles. The highest BCUT2D eigenvalue weighted by atomic mass is 16.6. The zero-order chi connectivity index (χ0) is 22.0. The van der Waals surface area contributed by atoms with Gasteiger partial charge in [0.1, 0.15) is 18.0 Å². The van der Waals surface area contributed by atoms with Gasteiger partial charge in [-0.25, -0.2) is 4.79 Å². The first-order valence-corrected chi connectivity index (χ1v) is 11.8. The van der Waals surface area contributed by atoms with E-state index < -0.39 is 5.60 Å². The number of rotatable bonds is 7. The Morgan fingerprint density at radius 1 is 0.969 bits per heavy atom. The van der Waals surface area contributed by atoms with Gasteiger partial charge in [0.15, 0.2) is 0 Å². The fourth-order valence-corrected chi connectivity index (χ4v) is 5.13. The van der Waals surface area contributed by atoms with Crippen LogP contribution < -0.4 is 9.64 Å². The SMILES string of the molecule is Cc1ccc(N2C[C@@]3(CCN(Cc4ccccc4OCCN4CCCC4)C3)OC2=O)cc1. The first-order valence-electron chi connectivity index (χ1n) is 11.8. The van der Waals surface area contributed by atoms with Gasteiger partial charge in [0.2, 0.25) is 0 Å². The maximum atomic E-state index is 12.6. The Labute approximate surface area is 190 Å². The van der Waals surface area contributed by atoms with Crippen molar-refractivity contribution in [1.82, 2.24) is 9.80 Å². The highest BCUT2D eigenvalue weighted by Gasteiger charge is 2.50. The number of aryl methyl sites for hydroxylation is 1. The number of hydrogen-bond donors (Lipinski definition) is 0. The molecule has 3 aliphatic heterocycles. The van der Waals surface area contributed by atoms with Crippen molar-refractivity contribution >= 4 is 11.8 Å². The molecule has 32 heavy (non-hydrogen) atoms. The predicted octanol–water partition coefficient (Wildman–Crippen LogP) is 4.07. The van der Waals surface area contributed by atoms with Crippen LogP contribution in [0.15, 0.2) is 48.5 Å². The fourth-order valence-electron chi connectivity index (χ4n) is 5.13. The standard InChI is InChI=1S/C26H33N3O3/c1-21-8-10-23(11-9-21)29-20-26(32-25(29)30)12-15-28(19-26)18-22-6-2-3-7-24(22)31-17-16-27-13-4-5-14-27/h2-3,6-11H,4-5,12-20H2,1H3/t26-/m0/s1. The van der Waals surface area contributed by atoms with E-state index in [2.05, 4.69) is 34.9 Å². The van der Waals surface area contributed by atoms with Crippen LogP contribution in [0.1, 0.15) is 30.4 Å². The van der Waals surface area contributed by atoms with E-state index in [0.717, 1.165) is 50.6 Å². The van der Waals surface area contributed by atoms with Gasteiger partial charge in [0.25, 0.3) is 0 Å². The summed E-state index contributed by atoms with van der Waals surface area (Å²) in [6.07, 6.45) is 3.23. The van der Waals surface area contributed by atoms with Gasteiger partial charge in [-0.2, -0.15) is 0 Å². The monoisotopic (exact) mass is 435 g/mol. The predicted molar refractivity (Wildman–Crippen MR) is 125 cm³/mol. The lowest BCUT2D eigenvalue weighted by atomic mass is 10.0. The van der Waals surface area contributed by atoms with E-state index >= 15 is 0 Å². The molecule has 1 atom stereocenters. The Morgan fingerprint density at radius 3 is 2.56 bits per heavy atom. The van der Waals surface area contributed by atoms with Crippen molar-refractivity contribution in [2.45, 2.75) is 38.3 Å². The lowest BCUT2D eigenvalue weighted by Gasteiger charge is -2.23. The van der Waals surface area contributed by atoms with Crippen molar-refractivity contribution in [3.8, 4) is 5.75 Å². The number of nitrogens with zero attached hydrogens (tertiary/aromatic N) is 3. The Kier molecular flexibility index (Phi) is 6.07. The van der Waals surface area contributed by atoms with Crippen LogP contribution in [0.4, 0.5) is 10.5 Å². The zero-order valence-corrected chi connectivity index (χ0v) is 19.0. The maximum Gasteiger partial charge on any atom is 0.415 e. The molecule has 3 heterocycles. The maximum absolute atomic E-state index is 12.6. The lowest BCUT2D eigenvalue weighted by molar-refractivity contribution is 0.0628. The Morgan fingerprint density at radius 2 is 1.75 bits per heavy atom. The third kappa shape index (κ3) is 4.62. The molecule has 3 fully saturated rings. The molecule has 6 nitrogen and oxygen atoms in total. The van der Waals surface area contributed by atoms with E-state index in [1.54, 1.807) is 4.90 Å². The number of benzene rings is 2. The Bertz CT molecular complexity index is 942. The van der Waals surface area contributed by atoms with E-state index in [0.29, 0.717) is 6.54 Å². The minimum atomic E-state index is -0.423. The number of anilines is 1. The molecule has 0 N–H and O–H groups in total. The fraction of sp³-hybridized carbons (Fsp3) is 0.500. The molecular weight excluding hydrogens is 402 g/mol. The van der Waals surface area contributed by atoms with Crippen LogP contribution in [0, 0.1) is 6.92 Å². The molecule has 0 bridgehead atoms. The molecule has 2 aromatic carbocycles. The quantitative estimate of drug-likeness (QED) is 0.656. The molecule has 0 aliphatic carbocycles. The van der Waals surface area contributed by atoms with Crippen molar-refractivity contribution in [1.29, 1.82) is 0 Å². The number of hydrogen-bond acceptors (Lipinski definition) is 5. The van der Waals surface area contributed by atoms with Crippen LogP contribution >= 0.6 is 0 Å². The minimum Gasteiger partial charge on any atom is -0.492 e. The molecule has 5 rings (SSSR count). The number of ether oxygens (including phenoxy) is 2. The normalized spacial score (nSPS) is 23.9. The van der Waals surface area contributed by atoms with Gasteiger partial charge >= 0.3 is 6.09 Å². The van der Waals surface area contributed by atoms with E-state index in [-0.39, 0.29) is 6.09 Å².